The lowest BCUT2D eigenvalue weighted by molar-refractivity contribution is 0.227. The Morgan fingerprint density at radius 1 is 1.38 bits per heavy atom. The molecule has 76 valence electrons. The Labute approximate surface area is 82.5 Å². The molecule has 2 rings (SSSR count). The molecular formula is C12H23N. The molecule has 0 aromatic heterocycles. The van der Waals surface area contributed by atoms with Crippen LogP contribution in [0, 0.1) is 11.3 Å². The largest absolute Gasteiger partial charge is 0.303 e. The molecule has 1 saturated carbocycles. The van der Waals surface area contributed by atoms with Gasteiger partial charge in [-0.25, -0.2) is 0 Å². The van der Waals surface area contributed by atoms with Crippen LogP contribution in [0.25, 0.3) is 0 Å². The topological polar surface area (TPSA) is 3.24 Å². The van der Waals surface area contributed by atoms with Crippen molar-refractivity contribution in [1.82, 2.24) is 4.90 Å². The quantitative estimate of drug-likeness (QED) is 0.603. The van der Waals surface area contributed by atoms with Gasteiger partial charge in [-0.2, -0.15) is 0 Å². The first-order valence-corrected chi connectivity index (χ1v) is 5.91. The van der Waals surface area contributed by atoms with Gasteiger partial charge in [0, 0.05) is 12.6 Å². The highest BCUT2D eigenvalue weighted by Crippen LogP contribution is 2.63. The van der Waals surface area contributed by atoms with Gasteiger partial charge in [0.1, 0.15) is 0 Å². The minimum Gasteiger partial charge on any atom is -0.303 e. The third kappa shape index (κ3) is 1.41. The van der Waals surface area contributed by atoms with Gasteiger partial charge in [-0.1, -0.05) is 26.2 Å². The highest BCUT2D eigenvalue weighted by atomic mass is 15.2. The maximum Gasteiger partial charge on any atom is 0.0124 e. The predicted molar refractivity (Wildman–Crippen MR) is 56.8 cm³/mol. The van der Waals surface area contributed by atoms with Crippen LogP contribution in [0.4, 0.5) is 0 Å². The number of rotatable bonds is 4. The van der Waals surface area contributed by atoms with Crippen LogP contribution in [-0.2, 0) is 0 Å². The van der Waals surface area contributed by atoms with Gasteiger partial charge in [0.25, 0.3) is 0 Å². The molecule has 0 bridgehead atoms. The van der Waals surface area contributed by atoms with Gasteiger partial charge >= 0.3 is 0 Å². The fourth-order valence-corrected chi connectivity index (χ4v) is 3.32. The maximum atomic E-state index is 2.56. The lowest BCUT2D eigenvalue weighted by atomic mass is 9.91. The highest BCUT2D eigenvalue weighted by Gasteiger charge is 2.62. The van der Waals surface area contributed by atoms with Crippen molar-refractivity contribution in [2.24, 2.45) is 11.3 Å². The molecule has 1 nitrogen and oxygen atoms in total. The summed E-state index contributed by atoms with van der Waals surface area (Å²) in [5, 5.41) is 0. The Morgan fingerprint density at radius 2 is 2.15 bits per heavy atom. The van der Waals surface area contributed by atoms with Crippen LogP contribution < -0.4 is 0 Å². The Hall–Kier alpha value is -0.0400. The molecule has 0 amide bonds. The van der Waals surface area contributed by atoms with Crippen LogP contribution in [0.1, 0.15) is 46.0 Å². The molecule has 1 aliphatic carbocycles. The molecule has 3 unspecified atom stereocenters. The fraction of sp³-hybridized carbons (Fsp3) is 1.00. The average Bonchev–Trinajstić information content (AvgIpc) is 2.73. The maximum absolute atomic E-state index is 2.56. The summed E-state index contributed by atoms with van der Waals surface area (Å²) in [6.45, 7) is 6.10. The molecule has 3 atom stereocenters. The van der Waals surface area contributed by atoms with Crippen LogP contribution in [0.15, 0.2) is 0 Å². The van der Waals surface area contributed by atoms with E-state index in [1.807, 2.05) is 0 Å². The summed E-state index contributed by atoms with van der Waals surface area (Å²) in [6, 6.07) is 0.856. The lowest BCUT2D eigenvalue weighted by Crippen LogP contribution is -2.30. The van der Waals surface area contributed by atoms with Crippen LogP contribution in [0.2, 0.25) is 0 Å². The fourth-order valence-electron chi connectivity index (χ4n) is 3.32. The van der Waals surface area contributed by atoms with E-state index in [1.54, 1.807) is 0 Å². The second-order valence-electron chi connectivity index (χ2n) is 5.21. The van der Waals surface area contributed by atoms with Crippen molar-refractivity contribution in [3.63, 3.8) is 0 Å². The zero-order valence-electron chi connectivity index (χ0n) is 9.34. The molecule has 0 radical (unpaired) electrons. The van der Waals surface area contributed by atoms with Gasteiger partial charge in [0.2, 0.25) is 0 Å². The second-order valence-corrected chi connectivity index (χ2v) is 5.21. The minimum absolute atomic E-state index is 0.768. The summed E-state index contributed by atoms with van der Waals surface area (Å²) in [5.74, 6) is 1.06. The van der Waals surface area contributed by atoms with Gasteiger partial charge in [-0.15, -0.1) is 0 Å². The summed E-state index contributed by atoms with van der Waals surface area (Å²) in [7, 11) is 2.29. The number of unbranched alkanes of at least 4 members (excludes halogenated alkanes) is 2. The van der Waals surface area contributed by atoms with Crippen molar-refractivity contribution in [2.45, 2.75) is 52.0 Å². The highest BCUT2D eigenvalue weighted by molar-refractivity contribution is 5.13. The van der Waals surface area contributed by atoms with E-state index in [9.17, 15) is 0 Å². The van der Waals surface area contributed by atoms with E-state index in [2.05, 4.69) is 25.8 Å². The summed E-state index contributed by atoms with van der Waals surface area (Å²) in [6.07, 6.45) is 7.29. The van der Waals surface area contributed by atoms with Crippen LogP contribution in [0.3, 0.4) is 0 Å². The van der Waals surface area contributed by atoms with E-state index in [0.29, 0.717) is 0 Å². The molecule has 2 aliphatic rings. The standard InChI is InChI=1S/C12H23N/c1-4-5-6-7-12-8-11(12)9-13(3)10(12)2/h10-11H,4-9H2,1-3H3. The van der Waals surface area contributed by atoms with Crippen molar-refractivity contribution in [3.05, 3.63) is 0 Å². The van der Waals surface area contributed by atoms with Gasteiger partial charge in [0.15, 0.2) is 0 Å². The van der Waals surface area contributed by atoms with Crippen LogP contribution in [0.5, 0.6) is 0 Å². The first-order valence-electron chi connectivity index (χ1n) is 5.91. The molecule has 0 aromatic rings. The molecule has 0 N–H and O–H groups in total. The summed E-state index contributed by atoms with van der Waals surface area (Å²) in [5.41, 5.74) is 0.768. The number of likely N-dealkylation sites (tertiary alicyclic amines) is 1. The van der Waals surface area contributed by atoms with E-state index in [4.69, 9.17) is 0 Å². The van der Waals surface area contributed by atoms with Crippen molar-refractivity contribution in [3.8, 4) is 0 Å². The smallest absolute Gasteiger partial charge is 0.0124 e. The molecule has 1 heterocycles. The van der Waals surface area contributed by atoms with Gasteiger partial charge < -0.3 is 4.90 Å². The number of nitrogens with zero attached hydrogens (tertiary/aromatic N) is 1. The average molecular weight is 181 g/mol. The van der Waals surface area contributed by atoms with Crippen molar-refractivity contribution < 1.29 is 0 Å². The third-order valence-electron chi connectivity index (χ3n) is 4.53. The van der Waals surface area contributed by atoms with Crippen molar-refractivity contribution in [2.75, 3.05) is 13.6 Å². The third-order valence-corrected chi connectivity index (χ3v) is 4.53. The normalized spacial score (nSPS) is 43.6. The Morgan fingerprint density at radius 3 is 2.69 bits per heavy atom. The number of piperidine rings is 1. The van der Waals surface area contributed by atoms with Crippen LogP contribution >= 0.6 is 0 Å². The SMILES string of the molecule is CCCCCC12CC1CN(C)C2C. The van der Waals surface area contributed by atoms with Crippen molar-refractivity contribution in [1.29, 1.82) is 0 Å². The Bertz CT molecular complexity index is 190. The van der Waals surface area contributed by atoms with Gasteiger partial charge in [-0.05, 0) is 38.1 Å². The molecule has 0 spiro atoms. The van der Waals surface area contributed by atoms with E-state index >= 15 is 0 Å². The van der Waals surface area contributed by atoms with E-state index in [-0.39, 0.29) is 0 Å². The molecule has 2 fully saturated rings. The van der Waals surface area contributed by atoms with E-state index < -0.39 is 0 Å². The second kappa shape index (κ2) is 3.27. The van der Waals surface area contributed by atoms with Crippen LogP contribution in [-0.4, -0.2) is 24.5 Å². The summed E-state index contributed by atoms with van der Waals surface area (Å²) in [4.78, 5) is 2.56. The number of hydrogen-bond donors (Lipinski definition) is 0. The van der Waals surface area contributed by atoms with Gasteiger partial charge in [0.05, 0.1) is 0 Å². The predicted octanol–water partition coefficient (Wildman–Crippen LogP) is 2.91. The molecule has 1 saturated heterocycles. The number of hydrogen-bond acceptors (Lipinski definition) is 1. The molecule has 1 heteroatoms. The minimum atomic E-state index is 0.768. The summed E-state index contributed by atoms with van der Waals surface area (Å²) >= 11 is 0. The monoisotopic (exact) mass is 181 g/mol. The molecule has 13 heavy (non-hydrogen) atoms. The van der Waals surface area contributed by atoms with Crippen molar-refractivity contribution >= 4 is 0 Å². The zero-order chi connectivity index (χ0) is 9.47. The first-order chi connectivity index (χ1) is 6.20. The zero-order valence-corrected chi connectivity index (χ0v) is 9.34. The lowest BCUT2D eigenvalue weighted by Gasteiger charge is -2.25. The summed E-state index contributed by atoms with van der Waals surface area (Å²) < 4.78 is 0. The first kappa shape index (κ1) is 9.51. The van der Waals surface area contributed by atoms with E-state index in [0.717, 1.165) is 17.4 Å². The molecule has 1 aliphatic heterocycles. The molecule has 0 aromatic carbocycles. The Balaban J connectivity index is 1.85. The number of fused-ring (bicyclic) bond motifs is 1. The Kier molecular flexibility index (Phi) is 2.39. The van der Waals surface area contributed by atoms with E-state index in [1.165, 1.54) is 38.6 Å². The molecular weight excluding hydrogens is 158 g/mol. The van der Waals surface area contributed by atoms with Gasteiger partial charge in [-0.3, -0.25) is 0 Å².